The number of fused-ring (bicyclic) bond motifs is 1. The molecule has 0 aliphatic carbocycles. The Hall–Kier alpha value is -1.32. The summed E-state index contributed by atoms with van der Waals surface area (Å²) in [4.78, 5) is 2.47. The largest absolute Gasteiger partial charge is 0.459 e. The molecule has 0 fully saturated rings. The van der Waals surface area contributed by atoms with Crippen molar-refractivity contribution in [1.82, 2.24) is 10.2 Å². The second-order valence-electron chi connectivity index (χ2n) is 5.19. The standard InChI is InChI=1S/C17H26N2O/c1-4-11-19(6-3)13-15(18-5-2)17-12-14-9-7-8-10-16(14)20-17/h7-10,12,15,18H,4-6,11,13H2,1-3H3. The van der Waals surface area contributed by atoms with Crippen molar-refractivity contribution in [3.05, 3.63) is 36.1 Å². The lowest BCUT2D eigenvalue weighted by Gasteiger charge is -2.25. The van der Waals surface area contributed by atoms with Gasteiger partial charge in [-0.25, -0.2) is 0 Å². The molecular formula is C17H26N2O. The molecule has 0 saturated carbocycles. The zero-order valence-corrected chi connectivity index (χ0v) is 12.9. The van der Waals surface area contributed by atoms with Gasteiger partial charge in [-0.15, -0.1) is 0 Å². The van der Waals surface area contributed by atoms with Crippen LogP contribution in [0.1, 0.15) is 39.0 Å². The Bertz CT molecular complexity index is 487. The van der Waals surface area contributed by atoms with Crippen LogP contribution in [0.2, 0.25) is 0 Å². The third-order valence-corrected chi connectivity index (χ3v) is 3.67. The number of likely N-dealkylation sites (N-methyl/N-ethyl adjacent to an activating group) is 2. The maximum absolute atomic E-state index is 6.02. The minimum Gasteiger partial charge on any atom is -0.459 e. The van der Waals surface area contributed by atoms with Gasteiger partial charge in [-0.3, -0.25) is 0 Å². The SMILES string of the molecule is CCCN(CC)CC(NCC)c1cc2ccccc2o1. The van der Waals surface area contributed by atoms with Crippen molar-refractivity contribution >= 4 is 11.0 Å². The normalized spacial score (nSPS) is 13.2. The minimum absolute atomic E-state index is 0.263. The number of nitrogens with zero attached hydrogens (tertiary/aromatic N) is 1. The number of hydrogen-bond acceptors (Lipinski definition) is 3. The van der Waals surface area contributed by atoms with Crippen molar-refractivity contribution in [2.75, 3.05) is 26.2 Å². The molecule has 2 aromatic rings. The van der Waals surface area contributed by atoms with Crippen LogP contribution in [0.15, 0.2) is 34.7 Å². The van der Waals surface area contributed by atoms with Gasteiger partial charge >= 0.3 is 0 Å². The molecule has 110 valence electrons. The van der Waals surface area contributed by atoms with E-state index < -0.39 is 0 Å². The van der Waals surface area contributed by atoms with Gasteiger partial charge in [0.15, 0.2) is 0 Å². The van der Waals surface area contributed by atoms with Gasteiger partial charge in [0, 0.05) is 11.9 Å². The van der Waals surface area contributed by atoms with E-state index in [2.05, 4.69) is 49.2 Å². The van der Waals surface area contributed by atoms with Gasteiger partial charge in [-0.05, 0) is 38.2 Å². The van der Waals surface area contributed by atoms with E-state index in [1.807, 2.05) is 12.1 Å². The molecule has 0 saturated heterocycles. The van der Waals surface area contributed by atoms with Crippen molar-refractivity contribution in [2.24, 2.45) is 0 Å². The Morgan fingerprint density at radius 2 is 2.00 bits per heavy atom. The molecule has 1 heterocycles. The minimum atomic E-state index is 0.263. The van der Waals surface area contributed by atoms with Gasteiger partial charge in [0.1, 0.15) is 11.3 Å². The Labute approximate surface area is 122 Å². The predicted molar refractivity (Wildman–Crippen MR) is 85.0 cm³/mol. The van der Waals surface area contributed by atoms with Crippen LogP contribution >= 0.6 is 0 Å². The monoisotopic (exact) mass is 274 g/mol. The fraction of sp³-hybridized carbons (Fsp3) is 0.529. The molecule has 1 N–H and O–H groups in total. The second-order valence-corrected chi connectivity index (χ2v) is 5.19. The van der Waals surface area contributed by atoms with Crippen LogP contribution in [-0.2, 0) is 0 Å². The number of benzene rings is 1. The van der Waals surface area contributed by atoms with Crippen LogP contribution in [0.3, 0.4) is 0 Å². The highest BCUT2D eigenvalue weighted by Crippen LogP contribution is 2.24. The Kier molecular flexibility index (Phi) is 5.62. The first-order chi connectivity index (χ1) is 9.78. The lowest BCUT2D eigenvalue weighted by Crippen LogP contribution is -2.35. The van der Waals surface area contributed by atoms with Gasteiger partial charge in [0.05, 0.1) is 6.04 Å². The number of hydrogen-bond donors (Lipinski definition) is 1. The van der Waals surface area contributed by atoms with E-state index in [4.69, 9.17) is 4.42 Å². The average Bonchev–Trinajstić information content (AvgIpc) is 2.89. The van der Waals surface area contributed by atoms with Crippen molar-refractivity contribution in [1.29, 1.82) is 0 Å². The van der Waals surface area contributed by atoms with E-state index in [0.29, 0.717) is 0 Å². The molecule has 1 unspecified atom stereocenters. The molecule has 1 aromatic heterocycles. The Morgan fingerprint density at radius 3 is 2.65 bits per heavy atom. The van der Waals surface area contributed by atoms with Gasteiger partial charge in [-0.2, -0.15) is 0 Å². The van der Waals surface area contributed by atoms with Gasteiger partial charge in [0.2, 0.25) is 0 Å². The van der Waals surface area contributed by atoms with Crippen LogP contribution in [0, 0.1) is 0 Å². The van der Waals surface area contributed by atoms with Gasteiger partial charge < -0.3 is 14.6 Å². The molecule has 1 atom stereocenters. The summed E-state index contributed by atoms with van der Waals surface area (Å²) in [5, 5.41) is 4.73. The molecule has 3 nitrogen and oxygen atoms in total. The number of rotatable bonds is 8. The maximum atomic E-state index is 6.02. The molecule has 0 amide bonds. The molecule has 0 aliphatic heterocycles. The molecular weight excluding hydrogens is 248 g/mol. The van der Waals surface area contributed by atoms with E-state index in [9.17, 15) is 0 Å². The molecule has 2 rings (SSSR count). The first kappa shape index (κ1) is 15.1. The third kappa shape index (κ3) is 3.62. The van der Waals surface area contributed by atoms with E-state index in [1.165, 1.54) is 11.8 Å². The van der Waals surface area contributed by atoms with Crippen molar-refractivity contribution in [3.63, 3.8) is 0 Å². The number of nitrogens with one attached hydrogen (secondary N) is 1. The quantitative estimate of drug-likeness (QED) is 0.793. The molecule has 1 aromatic carbocycles. The smallest absolute Gasteiger partial charge is 0.134 e. The van der Waals surface area contributed by atoms with Crippen LogP contribution in [0.25, 0.3) is 11.0 Å². The highest BCUT2D eigenvalue weighted by molar-refractivity contribution is 5.77. The van der Waals surface area contributed by atoms with E-state index in [0.717, 1.165) is 37.5 Å². The summed E-state index contributed by atoms with van der Waals surface area (Å²) in [5.74, 6) is 1.04. The van der Waals surface area contributed by atoms with Crippen LogP contribution in [0.5, 0.6) is 0 Å². The summed E-state index contributed by atoms with van der Waals surface area (Å²) in [5.41, 5.74) is 0.976. The fourth-order valence-electron chi connectivity index (χ4n) is 2.63. The van der Waals surface area contributed by atoms with E-state index in [-0.39, 0.29) is 6.04 Å². The summed E-state index contributed by atoms with van der Waals surface area (Å²) in [6.07, 6.45) is 1.19. The molecule has 0 radical (unpaired) electrons. The third-order valence-electron chi connectivity index (χ3n) is 3.67. The highest BCUT2D eigenvalue weighted by Gasteiger charge is 2.18. The van der Waals surface area contributed by atoms with Gasteiger partial charge in [0.25, 0.3) is 0 Å². The maximum Gasteiger partial charge on any atom is 0.134 e. The highest BCUT2D eigenvalue weighted by atomic mass is 16.3. The van der Waals surface area contributed by atoms with Crippen molar-refractivity contribution in [3.8, 4) is 0 Å². The summed E-state index contributed by atoms with van der Waals surface area (Å²) in [7, 11) is 0. The first-order valence-electron chi connectivity index (χ1n) is 7.72. The van der Waals surface area contributed by atoms with E-state index >= 15 is 0 Å². The predicted octanol–water partition coefficient (Wildman–Crippen LogP) is 3.82. The molecule has 0 spiro atoms. The number of furan rings is 1. The van der Waals surface area contributed by atoms with Crippen molar-refractivity contribution < 1.29 is 4.42 Å². The Morgan fingerprint density at radius 1 is 1.20 bits per heavy atom. The summed E-state index contributed by atoms with van der Waals surface area (Å²) >= 11 is 0. The molecule has 0 aliphatic rings. The van der Waals surface area contributed by atoms with Crippen LogP contribution in [-0.4, -0.2) is 31.1 Å². The summed E-state index contributed by atoms with van der Waals surface area (Å²) in [6, 6.07) is 10.6. The topological polar surface area (TPSA) is 28.4 Å². The van der Waals surface area contributed by atoms with E-state index in [1.54, 1.807) is 0 Å². The average molecular weight is 274 g/mol. The number of para-hydroxylation sites is 1. The second kappa shape index (κ2) is 7.46. The first-order valence-corrected chi connectivity index (χ1v) is 7.72. The fourth-order valence-corrected chi connectivity index (χ4v) is 2.63. The summed E-state index contributed by atoms with van der Waals surface area (Å²) < 4.78 is 6.02. The molecule has 20 heavy (non-hydrogen) atoms. The van der Waals surface area contributed by atoms with Crippen LogP contribution in [0.4, 0.5) is 0 Å². The zero-order valence-electron chi connectivity index (χ0n) is 12.9. The van der Waals surface area contributed by atoms with Crippen molar-refractivity contribution in [2.45, 2.75) is 33.2 Å². The molecule has 0 bridgehead atoms. The lowest BCUT2D eigenvalue weighted by atomic mass is 10.1. The zero-order chi connectivity index (χ0) is 14.4. The van der Waals surface area contributed by atoms with Crippen LogP contribution < -0.4 is 5.32 Å². The lowest BCUT2D eigenvalue weighted by molar-refractivity contribution is 0.242. The molecule has 3 heteroatoms. The van der Waals surface area contributed by atoms with Gasteiger partial charge in [-0.1, -0.05) is 39.0 Å². The Balaban J connectivity index is 2.18. The summed E-state index contributed by atoms with van der Waals surface area (Å²) in [6.45, 7) is 10.8.